The highest BCUT2D eigenvalue weighted by atomic mass is 35.5. The number of aliphatic imine (C=N–C) groups is 1. The molecule has 4 unspecified atom stereocenters. The van der Waals surface area contributed by atoms with E-state index in [0.717, 1.165) is 11.3 Å². The van der Waals surface area contributed by atoms with Gasteiger partial charge in [-0.15, -0.1) is 11.3 Å². The number of aromatic carboxylic acids is 1. The summed E-state index contributed by atoms with van der Waals surface area (Å²) in [5, 5.41) is 23.8. The second kappa shape index (κ2) is 21.6. The fourth-order valence-corrected chi connectivity index (χ4v) is 13.9. The summed E-state index contributed by atoms with van der Waals surface area (Å²) < 4.78 is 66.9. The number of benzene rings is 3. The third-order valence-corrected chi connectivity index (χ3v) is 17.8. The molecule has 0 saturated carbocycles. The lowest BCUT2D eigenvalue weighted by Crippen LogP contribution is -2.57. The predicted octanol–water partition coefficient (Wildman–Crippen LogP) is 7.98. The Labute approximate surface area is 436 Å². The molecule has 4 aliphatic rings. The Morgan fingerprint density at radius 1 is 1.01 bits per heavy atom. The molecule has 4 amide bonds. The monoisotopic (exact) mass is 1080 g/mol. The molecule has 17 nitrogen and oxygen atoms in total. The summed E-state index contributed by atoms with van der Waals surface area (Å²) in [6.45, 7) is 6.11. The van der Waals surface area contributed by atoms with Crippen LogP contribution in [-0.2, 0) is 46.2 Å². The number of sulfonamides is 1. The van der Waals surface area contributed by atoms with Crippen molar-refractivity contribution in [3.8, 4) is 16.2 Å². The van der Waals surface area contributed by atoms with Crippen LogP contribution in [0.1, 0.15) is 92.1 Å². The number of fused-ring (bicyclic) bond motifs is 1. The van der Waals surface area contributed by atoms with Gasteiger partial charge >= 0.3 is 11.9 Å². The van der Waals surface area contributed by atoms with Crippen LogP contribution in [0.3, 0.4) is 0 Å². The number of carboxylic acid groups (broad SMARTS) is 2. The number of imide groups is 1. The molecule has 0 bridgehead atoms. The van der Waals surface area contributed by atoms with Crippen LogP contribution in [0.25, 0.3) is 10.4 Å². The molecule has 0 spiro atoms. The summed E-state index contributed by atoms with van der Waals surface area (Å²) in [7, 11) is -3.88. The maximum atomic E-state index is 16.1. The Balaban J connectivity index is 0.858. The van der Waals surface area contributed by atoms with E-state index >= 15 is 8.78 Å². The normalized spacial score (nSPS) is 22.4. The highest BCUT2D eigenvalue weighted by Gasteiger charge is 2.48. The fourth-order valence-electron chi connectivity index (χ4n) is 10.6. The minimum Gasteiger partial charge on any atom is -0.479 e. The van der Waals surface area contributed by atoms with Crippen molar-refractivity contribution in [1.82, 2.24) is 14.5 Å². The molecule has 74 heavy (non-hydrogen) atoms. The van der Waals surface area contributed by atoms with E-state index in [1.807, 2.05) is 27.7 Å². The Kier molecular flexibility index (Phi) is 15.8. The molecule has 0 aliphatic carbocycles. The number of piperidine rings is 3. The van der Waals surface area contributed by atoms with Gasteiger partial charge in [0, 0.05) is 42.0 Å². The van der Waals surface area contributed by atoms with Gasteiger partial charge in [0.2, 0.25) is 33.7 Å². The van der Waals surface area contributed by atoms with Crippen LogP contribution in [0, 0.1) is 17.8 Å². The molecule has 1 aromatic heterocycles. The molecular weight excluding hydrogens is 1020 g/mol. The maximum absolute atomic E-state index is 16.1. The maximum Gasteiger partial charge on any atom is 0.349 e. The van der Waals surface area contributed by atoms with Crippen LogP contribution >= 0.6 is 22.9 Å². The number of hydrogen-bond acceptors (Lipinski definition) is 12. The number of alkyl halides is 2. The van der Waals surface area contributed by atoms with Gasteiger partial charge < -0.3 is 20.3 Å². The van der Waals surface area contributed by atoms with E-state index in [2.05, 4.69) is 15.6 Å². The van der Waals surface area contributed by atoms with E-state index in [9.17, 15) is 42.3 Å². The van der Waals surface area contributed by atoms with Gasteiger partial charge in [-0.05, 0) is 117 Å². The number of rotatable bonds is 16. The van der Waals surface area contributed by atoms with Crippen molar-refractivity contribution in [2.45, 2.75) is 95.4 Å². The number of amides is 4. The number of hydrogen-bond donors (Lipinski definition) is 4. The molecule has 4 atom stereocenters. The van der Waals surface area contributed by atoms with Crippen LogP contribution in [0.4, 0.5) is 25.8 Å². The summed E-state index contributed by atoms with van der Waals surface area (Å²) >= 11 is 7.33. The third kappa shape index (κ3) is 11.9. The van der Waals surface area contributed by atoms with Crippen molar-refractivity contribution in [3.63, 3.8) is 0 Å². The summed E-state index contributed by atoms with van der Waals surface area (Å²) in [6, 6.07) is 17.3. The van der Waals surface area contributed by atoms with Crippen LogP contribution in [0.15, 0.2) is 71.7 Å². The van der Waals surface area contributed by atoms with Gasteiger partial charge in [-0.1, -0.05) is 61.8 Å². The van der Waals surface area contributed by atoms with Crippen LogP contribution in [-0.4, -0.2) is 120 Å². The average molecular weight is 1080 g/mol. The van der Waals surface area contributed by atoms with Gasteiger partial charge in [0.1, 0.15) is 11.1 Å². The number of carboxylic acids is 2. The van der Waals surface area contributed by atoms with Crippen molar-refractivity contribution in [1.29, 1.82) is 0 Å². The molecule has 22 heteroatoms. The third-order valence-electron chi connectivity index (χ3n) is 14.1. The molecule has 5 heterocycles. The van der Waals surface area contributed by atoms with Gasteiger partial charge in [-0.2, -0.15) is 4.31 Å². The van der Waals surface area contributed by atoms with Crippen LogP contribution in [0.2, 0.25) is 5.02 Å². The Hall–Kier alpha value is -6.13. The lowest BCUT2D eigenvalue weighted by Gasteiger charge is -2.43. The zero-order valence-electron chi connectivity index (χ0n) is 41.1. The summed E-state index contributed by atoms with van der Waals surface area (Å²) in [5.74, 6) is -10.0. The predicted molar refractivity (Wildman–Crippen MR) is 275 cm³/mol. The summed E-state index contributed by atoms with van der Waals surface area (Å²) in [4.78, 5) is 82.4. The van der Waals surface area contributed by atoms with Gasteiger partial charge in [0.05, 0.1) is 35.3 Å². The zero-order valence-corrected chi connectivity index (χ0v) is 43.5. The molecule has 4 N–H and O–H groups in total. The SMILES string of the molecule is CC(C)C1Cc2cc(C3CCN(CC(=O)Nc4cccc(CS(=O)(=O)N5CCC(C=Nc6cccc(-c7sc(C(=O)O)c(OCC(=O)O)c7Cl)c6)CC5(C)C)c4)CC3(F)F)ccc2N(C2CCC(=O)NC2=O)C1=O. The number of carbonyl (C=O) groups is 6. The fraction of sp³-hybridized carbons (Fsp3) is 0.442. The Morgan fingerprint density at radius 3 is 2.46 bits per heavy atom. The number of halogens is 3. The van der Waals surface area contributed by atoms with E-state index < -0.39 is 82.2 Å². The largest absolute Gasteiger partial charge is 0.479 e. The van der Waals surface area contributed by atoms with E-state index in [1.165, 1.54) is 14.1 Å². The molecule has 8 rings (SSSR count). The van der Waals surface area contributed by atoms with Crippen LogP contribution < -0.4 is 20.3 Å². The van der Waals surface area contributed by atoms with E-state index in [0.29, 0.717) is 63.5 Å². The van der Waals surface area contributed by atoms with E-state index in [-0.39, 0.29) is 78.0 Å². The molecule has 4 aliphatic heterocycles. The van der Waals surface area contributed by atoms with Crippen molar-refractivity contribution < 1.29 is 60.9 Å². The van der Waals surface area contributed by atoms with Gasteiger partial charge in [-0.3, -0.25) is 39.3 Å². The first-order valence-corrected chi connectivity index (χ1v) is 27.0. The van der Waals surface area contributed by atoms with Crippen molar-refractivity contribution in [3.05, 3.63) is 93.3 Å². The summed E-state index contributed by atoms with van der Waals surface area (Å²) in [6.07, 6.45) is 3.30. The second-order valence-corrected chi connectivity index (χ2v) is 23.6. The van der Waals surface area contributed by atoms with Gasteiger partial charge in [0.15, 0.2) is 17.2 Å². The zero-order chi connectivity index (χ0) is 53.4. The minimum absolute atomic E-state index is 0.0325. The number of nitrogens with zero attached hydrogens (tertiary/aromatic N) is 4. The van der Waals surface area contributed by atoms with Gasteiger partial charge in [-0.25, -0.2) is 26.8 Å². The Morgan fingerprint density at radius 2 is 1.77 bits per heavy atom. The van der Waals surface area contributed by atoms with Crippen molar-refractivity contribution in [2.75, 3.05) is 43.0 Å². The molecule has 394 valence electrons. The first-order valence-electron chi connectivity index (χ1n) is 24.2. The lowest BCUT2D eigenvalue weighted by molar-refractivity contribution is -0.139. The number of nitrogens with one attached hydrogen (secondary N) is 2. The molecule has 4 aromatic rings. The van der Waals surface area contributed by atoms with Gasteiger partial charge in [0.25, 0.3) is 5.92 Å². The molecular formula is C52H57ClF2N6O11S2. The topological polar surface area (TPSA) is 232 Å². The van der Waals surface area contributed by atoms with Crippen molar-refractivity contribution >= 4 is 91.8 Å². The summed E-state index contributed by atoms with van der Waals surface area (Å²) in [5.41, 5.74) is 2.57. The lowest BCUT2D eigenvalue weighted by atomic mass is 9.80. The number of aliphatic carboxylic acids is 1. The number of anilines is 2. The smallest absolute Gasteiger partial charge is 0.349 e. The highest BCUT2D eigenvalue weighted by molar-refractivity contribution is 7.88. The first-order chi connectivity index (χ1) is 34.9. The Bertz CT molecular complexity index is 3040. The number of carbonyl (C=O) groups excluding carboxylic acids is 4. The van der Waals surface area contributed by atoms with Crippen molar-refractivity contribution in [2.24, 2.45) is 22.7 Å². The standard InChI is InChI=1S/C52H57ClF2N6O11S2/c1-29(2)37-22-34-20-32(11-12-39(34)61(49(37)67)40-13-14-41(62)58-48(40)66)38-16-17-59(28-52(38,54)55)25-42(63)57-36-10-5-7-30(19-36)27-74(70,71)60-18-15-31(23-51(60,3)4)24-56-35-9-6-8-33(21-35)46-44(53)45(72-26-43(64)65)47(73-46)50(68)69/h5-12,19-21,24,29,31,37-38,40H,13-18,22-23,25-28H2,1-4H3,(H,57,63)(H,64,65)(H,68,69)(H,58,62,66). The minimum atomic E-state index is -3.88. The first kappa shape index (κ1) is 54.1. The number of ether oxygens (including phenoxy) is 1. The molecule has 0 radical (unpaired) electrons. The molecule has 3 aromatic carbocycles. The number of thiophene rings is 1. The van der Waals surface area contributed by atoms with Crippen LogP contribution in [0.5, 0.6) is 5.75 Å². The van der Waals surface area contributed by atoms with E-state index in [4.69, 9.17) is 21.4 Å². The van der Waals surface area contributed by atoms with E-state index in [1.54, 1.807) is 72.9 Å². The quantitative estimate of drug-likeness (QED) is 0.0618. The second-order valence-electron chi connectivity index (χ2n) is 20.3. The molecule has 3 fully saturated rings. The number of likely N-dealkylation sites (tertiary alicyclic amines) is 1. The highest BCUT2D eigenvalue weighted by Crippen LogP contribution is 2.47. The molecule has 3 saturated heterocycles. The average Bonchev–Trinajstić information content (AvgIpc) is 3.65.